The Morgan fingerprint density at radius 2 is 2.15 bits per heavy atom. The molecular weight excluding hydrogens is 350 g/mol. The number of anilines is 2. The zero-order chi connectivity index (χ0) is 19.6. The van der Waals surface area contributed by atoms with Gasteiger partial charge in [-0.25, -0.2) is 4.79 Å². The molecule has 1 aromatic carbocycles. The van der Waals surface area contributed by atoms with Crippen molar-refractivity contribution in [3.05, 3.63) is 53.0 Å². The molecule has 1 N–H and O–H groups in total. The normalized spacial score (nSPS) is 11.4. The predicted molar refractivity (Wildman–Crippen MR) is 99.9 cm³/mol. The van der Waals surface area contributed by atoms with E-state index in [4.69, 9.17) is 4.74 Å². The fourth-order valence-electron chi connectivity index (χ4n) is 2.67. The van der Waals surface area contributed by atoms with Gasteiger partial charge in [0.25, 0.3) is 5.69 Å². The van der Waals surface area contributed by atoms with E-state index in [1.807, 2.05) is 0 Å². The summed E-state index contributed by atoms with van der Waals surface area (Å²) in [5, 5.41) is 19.0. The van der Waals surface area contributed by atoms with Crippen molar-refractivity contribution in [2.75, 3.05) is 11.9 Å². The van der Waals surface area contributed by atoms with Gasteiger partial charge in [0.1, 0.15) is 5.52 Å². The number of carbonyl (C=O) groups excluding carboxylic acids is 1. The maximum atomic E-state index is 12.1. The average molecular weight is 369 g/mol. The van der Waals surface area contributed by atoms with Gasteiger partial charge in [-0.15, -0.1) is 0 Å². The fourth-order valence-corrected chi connectivity index (χ4v) is 2.67. The van der Waals surface area contributed by atoms with Crippen LogP contribution in [-0.2, 0) is 15.1 Å². The molecule has 140 valence electrons. The van der Waals surface area contributed by atoms with Crippen molar-refractivity contribution in [1.82, 2.24) is 14.8 Å². The molecule has 0 amide bonds. The average Bonchev–Trinajstić information content (AvgIpc) is 3.11. The highest BCUT2D eigenvalue weighted by atomic mass is 16.6. The number of pyridine rings is 1. The SMILES string of the molecule is CCOC(=O)C(C)(C)n1cc(Nc2ccc([N+](=O)[O-])c3cccnc23)cn1. The third-order valence-corrected chi connectivity index (χ3v) is 4.15. The van der Waals surface area contributed by atoms with Crippen LogP contribution >= 0.6 is 0 Å². The summed E-state index contributed by atoms with van der Waals surface area (Å²) in [7, 11) is 0. The molecule has 3 rings (SSSR count). The number of fused-ring (bicyclic) bond motifs is 1. The lowest BCUT2D eigenvalue weighted by molar-refractivity contribution is -0.383. The Bertz CT molecular complexity index is 1010. The molecule has 9 nitrogen and oxygen atoms in total. The molecule has 0 unspecified atom stereocenters. The van der Waals surface area contributed by atoms with Crippen LogP contribution in [0.3, 0.4) is 0 Å². The number of esters is 1. The summed E-state index contributed by atoms with van der Waals surface area (Å²) in [6, 6.07) is 6.33. The maximum absolute atomic E-state index is 12.1. The highest BCUT2D eigenvalue weighted by molar-refractivity contribution is 5.97. The molecule has 0 bridgehead atoms. The van der Waals surface area contributed by atoms with Crippen LogP contribution < -0.4 is 5.32 Å². The number of nitro groups is 1. The summed E-state index contributed by atoms with van der Waals surface area (Å²) in [5.41, 5.74) is 0.718. The molecule has 0 saturated heterocycles. The number of carbonyl (C=O) groups is 1. The van der Waals surface area contributed by atoms with Gasteiger partial charge in [-0.2, -0.15) is 5.10 Å². The molecule has 0 atom stereocenters. The number of aromatic nitrogens is 3. The minimum atomic E-state index is -0.967. The van der Waals surface area contributed by atoms with Crippen molar-refractivity contribution in [1.29, 1.82) is 0 Å². The van der Waals surface area contributed by atoms with Crippen LogP contribution in [0.2, 0.25) is 0 Å². The van der Waals surface area contributed by atoms with Crippen molar-refractivity contribution in [3.63, 3.8) is 0 Å². The first-order chi connectivity index (χ1) is 12.8. The summed E-state index contributed by atoms with van der Waals surface area (Å²) in [6.45, 7) is 5.46. The molecule has 0 aliphatic carbocycles. The topological polar surface area (TPSA) is 112 Å². The Kier molecular flexibility index (Phi) is 4.76. The number of non-ortho nitro benzene ring substituents is 1. The van der Waals surface area contributed by atoms with Gasteiger partial charge in [0.05, 0.1) is 34.5 Å². The second kappa shape index (κ2) is 7.02. The standard InChI is InChI=1S/C18H19N5O4/c1-4-27-17(24)18(2,3)22-11-12(10-20-22)21-14-7-8-15(23(25)26)13-6-5-9-19-16(13)14/h5-11,21H,4H2,1-3H3. The van der Waals surface area contributed by atoms with E-state index in [1.165, 1.54) is 10.7 Å². The number of nitrogens with zero attached hydrogens (tertiary/aromatic N) is 4. The van der Waals surface area contributed by atoms with Crippen molar-refractivity contribution in [2.24, 2.45) is 0 Å². The smallest absolute Gasteiger partial charge is 0.333 e. The third kappa shape index (κ3) is 3.43. The van der Waals surface area contributed by atoms with Crippen LogP contribution in [0.15, 0.2) is 42.9 Å². The van der Waals surface area contributed by atoms with Crippen molar-refractivity contribution < 1.29 is 14.5 Å². The molecule has 0 fully saturated rings. The van der Waals surface area contributed by atoms with Crippen molar-refractivity contribution >= 4 is 33.9 Å². The minimum absolute atomic E-state index is 0.0113. The van der Waals surface area contributed by atoms with Gasteiger partial charge in [-0.1, -0.05) is 0 Å². The van der Waals surface area contributed by atoms with Gasteiger partial charge in [0.2, 0.25) is 0 Å². The molecule has 3 aromatic rings. The van der Waals surface area contributed by atoms with Gasteiger partial charge in [-0.05, 0) is 39.0 Å². The number of rotatable bonds is 6. The minimum Gasteiger partial charge on any atom is -0.464 e. The van der Waals surface area contributed by atoms with E-state index >= 15 is 0 Å². The van der Waals surface area contributed by atoms with Gasteiger partial charge in [-0.3, -0.25) is 19.8 Å². The lowest BCUT2D eigenvalue weighted by Gasteiger charge is -2.22. The maximum Gasteiger partial charge on any atom is 0.333 e. The third-order valence-electron chi connectivity index (χ3n) is 4.15. The second-order valence-electron chi connectivity index (χ2n) is 6.37. The zero-order valence-corrected chi connectivity index (χ0v) is 15.2. The quantitative estimate of drug-likeness (QED) is 0.402. The van der Waals surface area contributed by atoms with E-state index in [0.717, 1.165) is 0 Å². The Morgan fingerprint density at radius 1 is 1.37 bits per heavy atom. The van der Waals surface area contributed by atoms with Crippen LogP contribution in [-0.4, -0.2) is 32.3 Å². The molecule has 0 aliphatic heterocycles. The highest BCUT2D eigenvalue weighted by Gasteiger charge is 2.32. The summed E-state index contributed by atoms with van der Waals surface area (Å²) >= 11 is 0. The van der Waals surface area contributed by atoms with E-state index < -0.39 is 10.5 Å². The van der Waals surface area contributed by atoms with Crippen LogP contribution in [0.5, 0.6) is 0 Å². The van der Waals surface area contributed by atoms with Crippen LogP contribution in [0, 0.1) is 10.1 Å². The molecule has 2 aromatic heterocycles. The van der Waals surface area contributed by atoms with Gasteiger partial charge in [0.15, 0.2) is 5.54 Å². The Balaban J connectivity index is 1.94. The number of benzene rings is 1. The van der Waals surface area contributed by atoms with E-state index in [2.05, 4.69) is 15.4 Å². The van der Waals surface area contributed by atoms with Crippen LogP contribution in [0.1, 0.15) is 20.8 Å². The molecule has 9 heteroatoms. The Labute approximate surface area is 155 Å². The zero-order valence-electron chi connectivity index (χ0n) is 15.2. The summed E-state index contributed by atoms with van der Waals surface area (Å²) < 4.78 is 6.60. The monoisotopic (exact) mass is 369 g/mol. The van der Waals surface area contributed by atoms with Gasteiger partial charge >= 0.3 is 5.97 Å². The Morgan fingerprint density at radius 3 is 2.85 bits per heavy atom. The molecule has 27 heavy (non-hydrogen) atoms. The van der Waals surface area contributed by atoms with E-state index in [9.17, 15) is 14.9 Å². The predicted octanol–water partition coefficient (Wildman–Crippen LogP) is 3.38. The summed E-state index contributed by atoms with van der Waals surface area (Å²) in [6.07, 6.45) is 4.81. The number of hydrogen-bond acceptors (Lipinski definition) is 7. The molecule has 0 spiro atoms. The molecule has 0 aliphatic rings. The van der Waals surface area contributed by atoms with Gasteiger partial charge in [0, 0.05) is 18.5 Å². The number of ether oxygens (including phenoxy) is 1. The van der Waals surface area contributed by atoms with Crippen molar-refractivity contribution in [3.8, 4) is 0 Å². The first-order valence-electron chi connectivity index (χ1n) is 8.36. The second-order valence-corrected chi connectivity index (χ2v) is 6.37. The summed E-state index contributed by atoms with van der Waals surface area (Å²) in [4.78, 5) is 27.2. The van der Waals surface area contributed by atoms with Crippen LogP contribution in [0.4, 0.5) is 17.1 Å². The van der Waals surface area contributed by atoms with E-state index in [-0.39, 0.29) is 18.3 Å². The highest BCUT2D eigenvalue weighted by Crippen LogP contribution is 2.31. The van der Waals surface area contributed by atoms with E-state index in [0.29, 0.717) is 22.3 Å². The molecule has 0 radical (unpaired) electrons. The van der Waals surface area contributed by atoms with Crippen molar-refractivity contribution in [2.45, 2.75) is 26.3 Å². The van der Waals surface area contributed by atoms with Crippen LogP contribution in [0.25, 0.3) is 10.9 Å². The molecule has 2 heterocycles. The van der Waals surface area contributed by atoms with Gasteiger partial charge < -0.3 is 10.1 Å². The lowest BCUT2D eigenvalue weighted by atomic mass is 10.1. The summed E-state index contributed by atoms with van der Waals surface area (Å²) in [5.74, 6) is -0.387. The molecule has 0 saturated carbocycles. The lowest BCUT2D eigenvalue weighted by Crippen LogP contribution is -2.37. The first kappa shape index (κ1) is 18.3. The number of nitrogens with one attached hydrogen (secondary N) is 1. The van der Waals surface area contributed by atoms with E-state index in [1.54, 1.807) is 57.6 Å². The fraction of sp³-hybridized carbons (Fsp3) is 0.278. The number of hydrogen-bond donors (Lipinski definition) is 1. The largest absolute Gasteiger partial charge is 0.464 e. The number of nitro benzene ring substituents is 1. The first-order valence-corrected chi connectivity index (χ1v) is 8.36. The molecular formula is C18H19N5O4. The Hall–Kier alpha value is -3.49.